The summed E-state index contributed by atoms with van der Waals surface area (Å²) in [5.41, 5.74) is 2.08. The number of hydrogen-bond donors (Lipinski definition) is 3. The molecule has 1 atom stereocenters. The number of benzene rings is 1. The van der Waals surface area contributed by atoms with Crippen molar-refractivity contribution in [2.75, 3.05) is 6.54 Å². The second-order valence-corrected chi connectivity index (χ2v) is 5.43. The third kappa shape index (κ3) is 8.09. The van der Waals surface area contributed by atoms with E-state index in [1.165, 1.54) is 0 Å². The highest BCUT2D eigenvalue weighted by molar-refractivity contribution is 5.74. The molecule has 0 saturated heterocycles. The van der Waals surface area contributed by atoms with Crippen LogP contribution in [-0.2, 0) is 11.2 Å². The van der Waals surface area contributed by atoms with Gasteiger partial charge in [0.2, 0.25) is 0 Å². The maximum absolute atomic E-state index is 11.9. The van der Waals surface area contributed by atoms with Crippen molar-refractivity contribution in [1.82, 2.24) is 10.6 Å². The van der Waals surface area contributed by atoms with E-state index >= 15 is 0 Å². The summed E-state index contributed by atoms with van der Waals surface area (Å²) in [6.07, 6.45) is 1.77. The van der Waals surface area contributed by atoms with E-state index in [-0.39, 0.29) is 18.5 Å². The summed E-state index contributed by atoms with van der Waals surface area (Å²) in [5.74, 6) is -0.859. The van der Waals surface area contributed by atoms with Crippen molar-refractivity contribution in [3.63, 3.8) is 0 Å². The predicted molar refractivity (Wildman–Crippen MR) is 86.8 cm³/mol. The average molecular weight is 304 g/mol. The van der Waals surface area contributed by atoms with Gasteiger partial charge >= 0.3 is 12.0 Å². The molecule has 1 aromatic rings. The molecule has 3 N–H and O–H groups in total. The molecule has 1 unspecified atom stereocenters. The molecule has 0 aliphatic carbocycles. The van der Waals surface area contributed by atoms with Crippen molar-refractivity contribution in [2.45, 2.75) is 38.6 Å². The van der Waals surface area contributed by atoms with Crippen LogP contribution in [-0.4, -0.2) is 29.7 Å². The lowest BCUT2D eigenvalue weighted by molar-refractivity contribution is -0.137. The molecule has 0 aliphatic rings. The molecule has 0 aliphatic heterocycles. The first-order valence-corrected chi connectivity index (χ1v) is 7.42. The molecular formula is C17H24N2O3. The lowest BCUT2D eigenvalue weighted by Crippen LogP contribution is -2.43. The number of carbonyl (C=O) groups excluding carboxylic acids is 1. The molecule has 0 fully saturated rings. The van der Waals surface area contributed by atoms with Gasteiger partial charge in [0.25, 0.3) is 0 Å². The second kappa shape index (κ2) is 9.60. The summed E-state index contributed by atoms with van der Waals surface area (Å²) in [4.78, 5) is 22.6. The summed E-state index contributed by atoms with van der Waals surface area (Å²) in [5, 5.41) is 14.4. The van der Waals surface area contributed by atoms with E-state index in [4.69, 9.17) is 5.11 Å². The molecule has 5 heteroatoms. The summed E-state index contributed by atoms with van der Waals surface area (Å²) < 4.78 is 0. The van der Waals surface area contributed by atoms with Gasteiger partial charge in [0.1, 0.15) is 0 Å². The lowest BCUT2D eigenvalue weighted by atomic mass is 10.0. The van der Waals surface area contributed by atoms with Crippen molar-refractivity contribution in [1.29, 1.82) is 0 Å². The first-order valence-electron chi connectivity index (χ1n) is 7.42. The first-order chi connectivity index (χ1) is 10.5. The molecule has 0 radical (unpaired) electrons. The largest absolute Gasteiger partial charge is 0.481 e. The van der Waals surface area contributed by atoms with Gasteiger partial charge in [0.15, 0.2) is 0 Å². The predicted octanol–water partition coefficient (Wildman–Crippen LogP) is 2.73. The topological polar surface area (TPSA) is 78.4 Å². The van der Waals surface area contributed by atoms with Gasteiger partial charge in [-0.15, -0.1) is 6.58 Å². The summed E-state index contributed by atoms with van der Waals surface area (Å²) in [6, 6.07) is 9.24. The van der Waals surface area contributed by atoms with Crippen LogP contribution in [0.25, 0.3) is 0 Å². The van der Waals surface area contributed by atoms with E-state index in [1.54, 1.807) is 0 Å². The van der Waals surface area contributed by atoms with E-state index in [0.29, 0.717) is 19.4 Å². The van der Waals surface area contributed by atoms with Crippen molar-refractivity contribution in [2.24, 2.45) is 0 Å². The molecule has 2 amide bonds. The number of hydrogen-bond acceptors (Lipinski definition) is 2. The number of amides is 2. The van der Waals surface area contributed by atoms with Crippen LogP contribution >= 0.6 is 0 Å². The monoisotopic (exact) mass is 304 g/mol. The van der Waals surface area contributed by atoms with E-state index < -0.39 is 5.97 Å². The van der Waals surface area contributed by atoms with Gasteiger partial charge < -0.3 is 15.7 Å². The molecule has 22 heavy (non-hydrogen) atoms. The van der Waals surface area contributed by atoms with Crippen LogP contribution in [0, 0.1) is 0 Å². The SMILES string of the molecule is C=C(C)CCNC(=O)NC(CCC(=O)O)Cc1ccccc1. The number of carbonyl (C=O) groups is 2. The molecule has 0 spiro atoms. The van der Waals surface area contributed by atoms with Crippen molar-refractivity contribution >= 4 is 12.0 Å². The molecule has 5 nitrogen and oxygen atoms in total. The Bertz CT molecular complexity index is 500. The maximum Gasteiger partial charge on any atom is 0.315 e. The van der Waals surface area contributed by atoms with Crippen LogP contribution in [0.15, 0.2) is 42.5 Å². The molecule has 0 saturated carbocycles. The van der Waals surface area contributed by atoms with E-state index in [0.717, 1.165) is 17.6 Å². The van der Waals surface area contributed by atoms with E-state index in [9.17, 15) is 9.59 Å². The summed E-state index contributed by atoms with van der Waals surface area (Å²) in [7, 11) is 0. The van der Waals surface area contributed by atoms with Gasteiger partial charge in [-0.1, -0.05) is 35.9 Å². The number of carboxylic acid groups (broad SMARTS) is 1. The summed E-state index contributed by atoms with van der Waals surface area (Å²) in [6.45, 7) is 6.21. The third-order valence-electron chi connectivity index (χ3n) is 3.20. The Morgan fingerprint density at radius 1 is 1.23 bits per heavy atom. The van der Waals surface area contributed by atoms with Crippen LogP contribution in [0.2, 0.25) is 0 Å². The van der Waals surface area contributed by atoms with Crippen molar-refractivity contribution in [3.8, 4) is 0 Å². The van der Waals surface area contributed by atoms with Crippen LogP contribution in [0.1, 0.15) is 31.7 Å². The molecule has 1 rings (SSSR count). The van der Waals surface area contributed by atoms with E-state index in [2.05, 4.69) is 17.2 Å². The fourth-order valence-corrected chi connectivity index (χ4v) is 2.05. The minimum Gasteiger partial charge on any atom is -0.481 e. The molecule has 0 bridgehead atoms. The minimum absolute atomic E-state index is 0.0313. The first kappa shape index (κ1) is 17.8. The highest BCUT2D eigenvalue weighted by atomic mass is 16.4. The van der Waals surface area contributed by atoms with E-state index in [1.807, 2.05) is 37.3 Å². The molecule has 0 heterocycles. The zero-order chi connectivity index (χ0) is 16.4. The number of carboxylic acids is 1. The van der Waals surface area contributed by atoms with Crippen molar-refractivity contribution < 1.29 is 14.7 Å². The number of aliphatic carboxylic acids is 1. The quantitative estimate of drug-likeness (QED) is 0.614. The number of urea groups is 1. The minimum atomic E-state index is -0.859. The Kier molecular flexibility index (Phi) is 7.75. The Morgan fingerprint density at radius 3 is 2.50 bits per heavy atom. The van der Waals surface area contributed by atoms with Gasteiger partial charge in [0, 0.05) is 19.0 Å². The Morgan fingerprint density at radius 2 is 1.91 bits per heavy atom. The number of rotatable bonds is 9. The van der Waals surface area contributed by atoms with Gasteiger partial charge in [0.05, 0.1) is 0 Å². The fraction of sp³-hybridized carbons (Fsp3) is 0.412. The lowest BCUT2D eigenvalue weighted by Gasteiger charge is -2.18. The zero-order valence-electron chi connectivity index (χ0n) is 13.0. The Balaban J connectivity index is 2.51. The molecule has 120 valence electrons. The summed E-state index contributed by atoms with van der Waals surface area (Å²) >= 11 is 0. The third-order valence-corrected chi connectivity index (χ3v) is 3.20. The maximum atomic E-state index is 11.9. The highest BCUT2D eigenvalue weighted by Gasteiger charge is 2.14. The zero-order valence-corrected chi connectivity index (χ0v) is 13.0. The standard InChI is InChI=1S/C17H24N2O3/c1-13(2)10-11-18-17(22)19-15(8-9-16(20)21)12-14-6-4-3-5-7-14/h3-7,15H,1,8-12H2,2H3,(H,20,21)(H2,18,19,22). The molecular weight excluding hydrogens is 280 g/mol. The van der Waals surface area contributed by atoms with Gasteiger partial charge in [-0.25, -0.2) is 4.79 Å². The van der Waals surface area contributed by atoms with Crippen LogP contribution in [0.3, 0.4) is 0 Å². The Labute approximate surface area is 131 Å². The number of nitrogens with one attached hydrogen (secondary N) is 2. The van der Waals surface area contributed by atoms with Crippen LogP contribution in [0.4, 0.5) is 4.79 Å². The smallest absolute Gasteiger partial charge is 0.315 e. The van der Waals surface area contributed by atoms with Gasteiger partial charge in [-0.05, 0) is 31.7 Å². The molecule has 0 aromatic heterocycles. The van der Waals surface area contributed by atoms with Crippen LogP contribution < -0.4 is 10.6 Å². The van der Waals surface area contributed by atoms with Crippen LogP contribution in [0.5, 0.6) is 0 Å². The Hall–Kier alpha value is -2.30. The fourth-order valence-electron chi connectivity index (χ4n) is 2.05. The van der Waals surface area contributed by atoms with Gasteiger partial charge in [-0.3, -0.25) is 4.79 Å². The average Bonchev–Trinajstić information content (AvgIpc) is 2.45. The highest BCUT2D eigenvalue weighted by Crippen LogP contribution is 2.08. The van der Waals surface area contributed by atoms with Gasteiger partial charge in [-0.2, -0.15) is 0 Å². The normalized spacial score (nSPS) is 11.5. The molecule has 1 aromatic carbocycles. The second-order valence-electron chi connectivity index (χ2n) is 5.43. The van der Waals surface area contributed by atoms with Crippen molar-refractivity contribution in [3.05, 3.63) is 48.0 Å².